The second kappa shape index (κ2) is 8.60. The Bertz CT molecular complexity index is 537. The minimum Gasteiger partial charge on any atom is -0.393 e. The molecule has 0 bridgehead atoms. The maximum absolute atomic E-state index is 11.9. The number of carbonyl (C=O) groups is 1. The molecular formula is C19H28N2O3. The summed E-state index contributed by atoms with van der Waals surface area (Å²) in [5.74, 6) is 0.633. The number of likely N-dealkylation sites (tertiary alicyclic amines) is 1. The molecule has 1 aromatic carbocycles. The van der Waals surface area contributed by atoms with Gasteiger partial charge in [-0.1, -0.05) is 24.3 Å². The number of hydrogen-bond donors (Lipinski definition) is 2. The molecule has 1 saturated carbocycles. The number of nitrogens with one attached hydrogen (secondary N) is 1. The smallest absolute Gasteiger partial charge is 0.246 e. The molecule has 0 spiro atoms. The van der Waals surface area contributed by atoms with Gasteiger partial charge in [0.05, 0.1) is 12.7 Å². The summed E-state index contributed by atoms with van der Waals surface area (Å²) in [5.41, 5.74) is 2.40. The average Bonchev–Trinajstić information content (AvgIpc) is 3.40. The van der Waals surface area contributed by atoms with Gasteiger partial charge < -0.3 is 15.2 Å². The predicted molar refractivity (Wildman–Crippen MR) is 92.3 cm³/mol. The molecule has 3 rings (SSSR count). The summed E-state index contributed by atoms with van der Waals surface area (Å²) < 4.78 is 5.43. The van der Waals surface area contributed by atoms with E-state index < -0.39 is 0 Å². The molecular weight excluding hydrogens is 304 g/mol. The van der Waals surface area contributed by atoms with Gasteiger partial charge in [-0.3, -0.25) is 9.69 Å². The molecule has 1 aliphatic heterocycles. The van der Waals surface area contributed by atoms with Crippen LogP contribution >= 0.6 is 0 Å². The zero-order chi connectivity index (χ0) is 16.8. The SMILES string of the molecule is O=C(COCC1CC1)NCc1ccccc1CN1CCC(O)CC1. The zero-order valence-electron chi connectivity index (χ0n) is 14.2. The van der Waals surface area contributed by atoms with Crippen LogP contribution in [-0.4, -0.2) is 48.3 Å². The largest absolute Gasteiger partial charge is 0.393 e. The Labute approximate surface area is 144 Å². The molecule has 2 fully saturated rings. The van der Waals surface area contributed by atoms with Crippen molar-refractivity contribution in [1.29, 1.82) is 0 Å². The third kappa shape index (κ3) is 5.58. The van der Waals surface area contributed by atoms with E-state index in [-0.39, 0.29) is 18.6 Å². The Hall–Kier alpha value is -1.43. The van der Waals surface area contributed by atoms with E-state index in [9.17, 15) is 9.90 Å². The molecule has 24 heavy (non-hydrogen) atoms. The highest BCUT2D eigenvalue weighted by molar-refractivity contribution is 5.77. The molecule has 5 nitrogen and oxygen atoms in total. The summed E-state index contributed by atoms with van der Waals surface area (Å²) in [6.45, 7) is 4.14. The van der Waals surface area contributed by atoms with Crippen LogP contribution in [0.4, 0.5) is 0 Å². The number of aliphatic hydroxyl groups excluding tert-OH is 1. The number of nitrogens with zero attached hydrogens (tertiary/aromatic N) is 1. The fourth-order valence-corrected chi connectivity index (χ4v) is 3.05. The Morgan fingerprint density at radius 2 is 1.88 bits per heavy atom. The molecule has 0 radical (unpaired) electrons. The average molecular weight is 332 g/mol. The minimum atomic E-state index is -0.147. The monoisotopic (exact) mass is 332 g/mol. The maximum atomic E-state index is 11.9. The van der Waals surface area contributed by atoms with Gasteiger partial charge >= 0.3 is 0 Å². The predicted octanol–water partition coefficient (Wildman–Crippen LogP) is 1.69. The highest BCUT2D eigenvalue weighted by atomic mass is 16.5. The lowest BCUT2D eigenvalue weighted by atomic mass is 10.0. The summed E-state index contributed by atoms with van der Waals surface area (Å²) in [5, 5.41) is 12.6. The van der Waals surface area contributed by atoms with Crippen LogP contribution in [-0.2, 0) is 22.6 Å². The number of piperidine rings is 1. The van der Waals surface area contributed by atoms with Crippen molar-refractivity contribution in [2.24, 2.45) is 5.92 Å². The van der Waals surface area contributed by atoms with Gasteiger partial charge in [-0.05, 0) is 42.7 Å². The normalized spacial score (nSPS) is 19.4. The van der Waals surface area contributed by atoms with E-state index in [0.717, 1.165) is 38.0 Å². The van der Waals surface area contributed by atoms with Crippen LogP contribution in [0.15, 0.2) is 24.3 Å². The van der Waals surface area contributed by atoms with E-state index in [0.29, 0.717) is 19.1 Å². The van der Waals surface area contributed by atoms with E-state index in [1.54, 1.807) is 0 Å². The molecule has 0 unspecified atom stereocenters. The van der Waals surface area contributed by atoms with Crippen LogP contribution in [0.1, 0.15) is 36.8 Å². The molecule has 5 heteroatoms. The molecule has 0 aromatic heterocycles. The topological polar surface area (TPSA) is 61.8 Å². The molecule has 132 valence electrons. The van der Waals surface area contributed by atoms with E-state index in [1.807, 2.05) is 12.1 Å². The van der Waals surface area contributed by atoms with Crippen molar-refractivity contribution in [2.45, 2.75) is 44.9 Å². The maximum Gasteiger partial charge on any atom is 0.246 e. The highest BCUT2D eigenvalue weighted by Crippen LogP contribution is 2.28. The van der Waals surface area contributed by atoms with Crippen molar-refractivity contribution in [3.63, 3.8) is 0 Å². The fourth-order valence-electron chi connectivity index (χ4n) is 3.05. The Morgan fingerprint density at radius 3 is 2.58 bits per heavy atom. The van der Waals surface area contributed by atoms with E-state index in [2.05, 4.69) is 22.3 Å². The van der Waals surface area contributed by atoms with Crippen LogP contribution in [0, 0.1) is 5.92 Å². The second-order valence-electron chi connectivity index (χ2n) is 7.01. The van der Waals surface area contributed by atoms with Crippen molar-refractivity contribution >= 4 is 5.91 Å². The molecule has 2 aliphatic rings. The molecule has 1 saturated heterocycles. The summed E-state index contributed by atoms with van der Waals surface area (Å²) >= 11 is 0. The third-order valence-corrected chi connectivity index (χ3v) is 4.83. The van der Waals surface area contributed by atoms with Gasteiger partial charge in [-0.15, -0.1) is 0 Å². The summed E-state index contributed by atoms with van der Waals surface area (Å²) in [6, 6.07) is 8.24. The fraction of sp³-hybridized carbons (Fsp3) is 0.632. The molecule has 2 N–H and O–H groups in total. The Kier molecular flexibility index (Phi) is 6.24. The van der Waals surface area contributed by atoms with E-state index in [1.165, 1.54) is 18.4 Å². The molecule has 1 amide bonds. The number of hydrogen-bond acceptors (Lipinski definition) is 4. The first-order valence-electron chi connectivity index (χ1n) is 9.02. The first-order valence-corrected chi connectivity index (χ1v) is 9.02. The summed E-state index contributed by atoms with van der Waals surface area (Å²) in [4.78, 5) is 14.2. The summed E-state index contributed by atoms with van der Waals surface area (Å²) in [6.07, 6.45) is 4.02. The molecule has 1 heterocycles. The van der Waals surface area contributed by atoms with Crippen molar-refractivity contribution < 1.29 is 14.6 Å². The van der Waals surface area contributed by atoms with Gasteiger partial charge in [0.1, 0.15) is 6.61 Å². The van der Waals surface area contributed by atoms with E-state index in [4.69, 9.17) is 4.74 Å². The number of carbonyl (C=O) groups excluding carboxylic acids is 1. The van der Waals surface area contributed by atoms with Crippen molar-refractivity contribution in [2.75, 3.05) is 26.3 Å². The second-order valence-corrected chi connectivity index (χ2v) is 7.01. The van der Waals surface area contributed by atoms with Crippen LogP contribution in [0.5, 0.6) is 0 Å². The lowest BCUT2D eigenvalue weighted by molar-refractivity contribution is -0.126. The lowest BCUT2D eigenvalue weighted by Crippen LogP contribution is -2.35. The first-order chi connectivity index (χ1) is 11.7. The Morgan fingerprint density at radius 1 is 1.17 bits per heavy atom. The van der Waals surface area contributed by atoms with Crippen LogP contribution in [0.25, 0.3) is 0 Å². The van der Waals surface area contributed by atoms with Crippen molar-refractivity contribution in [3.05, 3.63) is 35.4 Å². The van der Waals surface area contributed by atoms with Crippen molar-refractivity contribution in [1.82, 2.24) is 10.2 Å². The molecule has 0 atom stereocenters. The van der Waals surface area contributed by atoms with Crippen molar-refractivity contribution in [3.8, 4) is 0 Å². The quantitative estimate of drug-likeness (QED) is 0.760. The molecule has 1 aliphatic carbocycles. The van der Waals surface area contributed by atoms with Gasteiger partial charge in [-0.2, -0.15) is 0 Å². The van der Waals surface area contributed by atoms with E-state index >= 15 is 0 Å². The summed E-state index contributed by atoms with van der Waals surface area (Å²) in [7, 11) is 0. The van der Waals surface area contributed by atoms with Crippen LogP contribution < -0.4 is 5.32 Å². The first kappa shape index (κ1) is 17.4. The highest BCUT2D eigenvalue weighted by Gasteiger charge is 2.21. The van der Waals surface area contributed by atoms with Gasteiger partial charge in [-0.25, -0.2) is 0 Å². The van der Waals surface area contributed by atoms with Crippen LogP contribution in [0.3, 0.4) is 0 Å². The molecule has 1 aromatic rings. The minimum absolute atomic E-state index is 0.0495. The number of benzene rings is 1. The number of aliphatic hydroxyl groups is 1. The van der Waals surface area contributed by atoms with Gasteiger partial charge in [0.2, 0.25) is 5.91 Å². The standard InChI is InChI=1S/C19H28N2O3/c22-18-7-9-21(10-8-18)12-17-4-2-1-3-16(17)11-20-19(23)14-24-13-15-5-6-15/h1-4,15,18,22H,5-14H2,(H,20,23). The van der Waals surface area contributed by atoms with Gasteiger partial charge in [0.25, 0.3) is 0 Å². The third-order valence-electron chi connectivity index (χ3n) is 4.83. The zero-order valence-corrected chi connectivity index (χ0v) is 14.2. The van der Waals surface area contributed by atoms with Gasteiger partial charge in [0.15, 0.2) is 0 Å². The van der Waals surface area contributed by atoms with Crippen LogP contribution in [0.2, 0.25) is 0 Å². The number of ether oxygens (including phenoxy) is 1. The number of rotatable bonds is 8. The number of amides is 1. The Balaban J connectivity index is 1.45. The lowest BCUT2D eigenvalue weighted by Gasteiger charge is -2.30. The van der Waals surface area contributed by atoms with Gasteiger partial charge in [0, 0.05) is 26.2 Å².